The van der Waals surface area contributed by atoms with Gasteiger partial charge in [0.05, 0.1) is 22.9 Å². The Morgan fingerprint density at radius 1 is 1.18 bits per heavy atom. The molecular formula is C18H21ClN2O6S. The van der Waals surface area contributed by atoms with Crippen molar-refractivity contribution in [2.45, 2.75) is 17.7 Å². The Morgan fingerprint density at radius 3 is 2.46 bits per heavy atom. The topological polar surface area (TPSA) is 117 Å². The van der Waals surface area contributed by atoms with Gasteiger partial charge in [-0.05, 0) is 30.7 Å². The first-order valence-electron chi connectivity index (χ1n) is 8.25. The molecule has 0 saturated carbocycles. The van der Waals surface area contributed by atoms with Crippen LogP contribution in [0.5, 0.6) is 17.2 Å². The summed E-state index contributed by atoms with van der Waals surface area (Å²) in [6.45, 7) is 0.455. The maximum atomic E-state index is 12.1. The summed E-state index contributed by atoms with van der Waals surface area (Å²) in [6, 6.07) is 9.39. The quantitative estimate of drug-likeness (QED) is 0.514. The molecule has 1 aliphatic heterocycles. The van der Waals surface area contributed by atoms with Crippen LogP contribution in [0, 0.1) is 0 Å². The van der Waals surface area contributed by atoms with Gasteiger partial charge in [0, 0.05) is 24.8 Å². The Labute approximate surface area is 169 Å². The minimum absolute atomic E-state index is 0. The zero-order valence-corrected chi connectivity index (χ0v) is 16.8. The third kappa shape index (κ3) is 5.43. The molecule has 1 amide bonds. The second-order valence-corrected chi connectivity index (χ2v) is 8.05. The standard InChI is InChI=1S/C18H20N2O6S.ClH/c1-27(22,23)13-6-4-12(5-7-13)24-8-2-3-18(21)20-15-10-17-16(9-14(15)19)25-11-26-17;/h4-7,9-10H,2-3,8,11,19H2,1H3,(H,20,21);1H. The van der Waals surface area contributed by atoms with E-state index in [2.05, 4.69) is 5.32 Å². The summed E-state index contributed by atoms with van der Waals surface area (Å²) in [7, 11) is -3.23. The minimum atomic E-state index is -3.23. The number of halogens is 1. The van der Waals surface area contributed by atoms with Crippen molar-refractivity contribution in [2.24, 2.45) is 0 Å². The molecule has 0 aromatic heterocycles. The van der Waals surface area contributed by atoms with Crippen LogP contribution in [0.1, 0.15) is 12.8 Å². The highest BCUT2D eigenvalue weighted by atomic mass is 35.5. The van der Waals surface area contributed by atoms with E-state index in [-0.39, 0.29) is 36.4 Å². The lowest BCUT2D eigenvalue weighted by molar-refractivity contribution is -0.116. The van der Waals surface area contributed by atoms with Gasteiger partial charge in [-0.3, -0.25) is 4.79 Å². The summed E-state index contributed by atoms with van der Waals surface area (Å²) in [6.07, 6.45) is 1.88. The number of nitrogens with one attached hydrogen (secondary N) is 1. The van der Waals surface area contributed by atoms with E-state index in [1.165, 1.54) is 12.1 Å². The molecule has 3 rings (SSSR count). The number of nitrogens with two attached hydrogens (primary N) is 1. The maximum Gasteiger partial charge on any atom is 0.231 e. The van der Waals surface area contributed by atoms with Crippen LogP contribution in [0.4, 0.5) is 11.4 Å². The predicted molar refractivity (Wildman–Crippen MR) is 107 cm³/mol. The van der Waals surface area contributed by atoms with E-state index in [0.717, 1.165) is 6.26 Å². The Morgan fingerprint density at radius 2 is 1.82 bits per heavy atom. The molecule has 0 atom stereocenters. The van der Waals surface area contributed by atoms with E-state index in [4.69, 9.17) is 19.9 Å². The number of ether oxygens (including phenoxy) is 3. The van der Waals surface area contributed by atoms with Gasteiger partial charge in [0.25, 0.3) is 0 Å². The lowest BCUT2D eigenvalue weighted by Crippen LogP contribution is -2.14. The van der Waals surface area contributed by atoms with Crippen molar-refractivity contribution in [2.75, 3.05) is 30.7 Å². The molecule has 2 aromatic carbocycles. The van der Waals surface area contributed by atoms with Gasteiger partial charge in [-0.25, -0.2) is 8.42 Å². The number of hydrogen-bond acceptors (Lipinski definition) is 7. The highest BCUT2D eigenvalue weighted by Crippen LogP contribution is 2.38. The molecule has 10 heteroatoms. The van der Waals surface area contributed by atoms with Gasteiger partial charge < -0.3 is 25.3 Å². The molecule has 0 unspecified atom stereocenters. The number of hydrogen-bond donors (Lipinski definition) is 2. The second kappa shape index (κ2) is 9.03. The third-order valence-electron chi connectivity index (χ3n) is 3.89. The van der Waals surface area contributed by atoms with Crippen LogP contribution in [0.15, 0.2) is 41.3 Å². The highest BCUT2D eigenvalue weighted by Gasteiger charge is 2.17. The number of anilines is 2. The molecule has 0 radical (unpaired) electrons. The minimum Gasteiger partial charge on any atom is -0.494 e. The van der Waals surface area contributed by atoms with E-state index < -0.39 is 9.84 Å². The first-order chi connectivity index (χ1) is 12.8. The van der Waals surface area contributed by atoms with Crippen LogP contribution in [-0.2, 0) is 14.6 Å². The van der Waals surface area contributed by atoms with Gasteiger partial charge in [-0.1, -0.05) is 0 Å². The van der Waals surface area contributed by atoms with Crippen molar-refractivity contribution in [3.8, 4) is 17.2 Å². The summed E-state index contributed by atoms with van der Waals surface area (Å²) >= 11 is 0. The fourth-order valence-electron chi connectivity index (χ4n) is 2.48. The molecule has 28 heavy (non-hydrogen) atoms. The fraction of sp³-hybridized carbons (Fsp3) is 0.278. The molecule has 0 aliphatic carbocycles. The smallest absolute Gasteiger partial charge is 0.231 e. The number of nitrogen functional groups attached to an aromatic ring is 1. The zero-order chi connectivity index (χ0) is 19.4. The van der Waals surface area contributed by atoms with E-state index in [1.807, 2.05) is 0 Å². The number of rotatable bonds is 7. The van der Waals surface area contributed by atoms with E-state index in [1.54, 1.807) is 24.3 Å². The van der Waals surface area contributed by atoms with Gasteiger partial charge in [0.15, 0.2) is 21.3 Å². The summed E-state index contributed by atoms with van der Waals surface area (Å²) in [4.78, 5) is 12.3. The Bertz CT molecular complexity index is 947. The first-order valence-corrected chi connectivity index (χ1v) is 10.1. The van der Waals surface area contributed by atoms with Crippen molar-refractivity contribution < 1.29 is 27.4 Å². The van der Waals surface area contributed by atoms with Crippen molar-refractivity contribution in [3.05, 3.63) is 36.4 Å². The summed E-state index contributed by atoms with van der Waals surface area (Å²) in [5.41, 5.74) is 6.77. The lowest BCUT2D eigenvalue weighted by Gasteiger charge is -2.10. The number of fused-ring (bicyclic) bond motifs is 1. The molecule has 0 fully saturated rings. The van der Waals surface area contributed by atoms with Gasteiger partial charge in [0.2, 0.25) is 12.7 Å². The molecular weight excluding hydrogens is 408 g/mol. The molecule has 0 saturated heterocycles. The van der Waals surface area contributed by atoms with Crippen molar-refractivity contribution >= 4 is 39.5 Å². The van der Waals surface area contributed by atoms with Crippen LogP contribution in [0.3, 0.4) is 0 Å². The summed E-state index contributed by atoms with van der Waals surface area (Å²) in [5.74, 6) is 1.44. The normalized spacial score (nSPS) is 12.2. The average Bonchev–Trinajstić information content (AvgIpc) is 3.06. The Hall–Kier alpha value is -2.65. The summed E-state index contributed by atoms with van der Waals surface area (Å²) < 4.78 is 38.8. The van der Waals surface area contributed by atoms with Gasteiger partial charge in [0.1, 0.15) is 5.75 Å². The van der Waals surface area contributed by atoms with Crippen molar-refractivity contribution in [3.63, 3.8) is 0 Å². The van der Waals surface area contributed by atoms with Crippen LogP contribution in [0.25, 0.3) is 0 Å². The van der Waals surface area contributed by atoms with E-state index >= 15 is 0 Å². The van der Waals surface area contributed by atoms with Crippen LogP contribution in [-0.4, -0.2) is 34.0 Å². The van der Waals surface area contributed by atoms with Crippen molar-refractivity contribution in [1.82, 2.24) is 0 Å². The molecule has 2 aromatic rings. The van der Waals surface area contributed by atoms with Gasteiger partial charge >= 0.3 is 0 Å². The van der Waals surface area contributed by atoms with Gasteiger partial charge in [-0.2, -0.15) is 0 Å². The van der Waals surface area contributed by atoms with Crippen molar-refractivity contribution in [1.29, 1.82) is 0 Å². The molecule has 152 valence electrons. The van der Waals surface area contributed by atoms with E-state index in [0.29, 0.717) is 41.7 Å². The monoisotopic (exact) mass is 428 g/mol. The maximum absolute atomic E-state index is 12.1. The average molecular weight is 429 g/mol. The number of amides is 1. The number of carbonyl (C=O) groups is 1. The fourth-order valence-corrected chi connectivity index (χ4v) is 3.11. The number of benzene rings is 2. The molecule has 8 nitrogen and oxygen atoms in total. The zero-order valence-electron chi connectivity index (χ0n) is 15.1. The largest absolute Gasteiger partial charge is 0.494 e. The van der Waals surface area contributed by atoms with Gasteiger partial charge in [-0.15, -0.1) is 12.4 Å². The lowest BCUT2D eigenvalue weighted by atomic mass is 10.2. The molecule has 3 N–H and O–H groups in total. The number of sulfone groups is 1. The summed E-state index contributed by atoms with van der Waals surface area (Å²) in [5, 5.41) is 2.74. The SMILES string of the molecule is CS(=O)(=O)c1ccc(OCCCC(=O)Nc2cc3c(cc2N)OCO3)cc1.Cl. The molecule has 1 aliphatic rings. The predicted octanol–water partition coefficient (Wildman–Crippen LogP) is 2.62. The molecule has 0 bridgehead atoms. The van der Waals surface area contributed by atoms with Crippen LogP contribution >= 0.6 is 12.4 Å². The van der Waals surface area contributed by atoms with Crippen LogP contribution < -0.4 is 25.3 Å². The highest BCUT2D eigenvalue weighted by molar-refractivity contribution is 7.90. The molecule has 0 spiro atoms. The third-order valence-corrected chi connectivity index (χ3v) is 5.02. The Kier molecular flexibility index (Phi) is 6.98. The number of carbonyl (C=O) groups excluding carboxylic acids is 1. The Balaban J connectivity index is 0.00000280. The first kappa shape index (κ1) is 21.6. The van der Waals surface area contributed by atoms with E-state index in [9.17, 15) is 13.2 Å². The van der Waals surface area contributed by atoms with Crippen LogP contribution in [0.2, 0.25) is 0 Å². The molecule has 1 heterocycles. The second-order valence-electron chi connectivity index (χ2n) is 6.04.